The molecule has 0 spiro atoms. The first-order chi connectivity index (χ1) is 5.35. The molecule has 0 aliphatic heterocycles. The highest BCUT2D eigenvalue weighted by atomic mass is 15.0. The summed E-state index contributed by atoms with van der Waals surface area (Å²) in [6, 6.07) is 0.312. The lowest BCUT2D eigenvalue weighted by Gasteiger charge is -2.07. The molecule has 66 valence electrons. The van der Waals surface area contributed by atoms with Gasteiger partial charge in [-0.05, 0) is 12.8 Å². The molecule has 11 heavy (non-hydrogen) atoms. The van der Waals surface area contributed by atoms with E-state index in [2.05, 4.69) is 19.0 Å². The third kappa shape index (κ3) is 6.02. The lowest BCUT2D eigenvalue weighted by atomic mass is 10.1. The summed E-state index contributed by atoms with van der Waals surface area (Å²) in [5.41, 5.74) is 6.92. The summed E-state index contributed by atoms with van der Waals surface area (Å²) >= 11 is 0. The van der Waals surface area contributed by atoms with E-state index in [1.165, 1.54) is 19.3 Å². The van der Waals surface area contributed by atoms with Gasteiger partial charge in [-0.2, -0.15) is 5.11 Å². The fourth-order valence-electron chi connectivity index (χ4n) is 1.24. The van der Waals surface area contributed by atoms with Crippen LogP contribution in [0.1, 0.15) is 52.4 Å². The largest absolute Gasteiger partial charge is 0.210 e. The van der Waals surface area contributed by atoms with Gasteiger partial charge in [-0.25, -0.2) is 5.53 Å². The third-order valence-electron chi connectivity index (χ3n) is 1.95. The van der Waals surface area contributed by atoms with Crippen molar-refractivity contribution < 1.29 is 0 Å². The molecular weight excluding hydrogens is 136 g/mol. The van der Waals surface area contributed by atoms with Crippen molar-refractivity contribution in [3.63, 3.8) is 0 Å². The van der Waals surface area contributed by atoms with Crippen molar-refractivity contribution in [1.29, 1.82) is 5.53 Å². The zero-order chi connectivity index (χ0) is 8.53. The Balaban J connectivity index is 3.28. The molecule has 0 saturated heterocycles. The number of rotatable bonds is 7. The number of hydrogen-bond acceptors (Lipinski definition) is 2. The highest BCUT2D eigenvalue weighted by Crippen LogP contribution is 2.11. The van der Waals surface area contributed by atoms with Gasteiger partial charge in [0.2, 0.25) is 0 Å². The summed E-state index contributed by atoms with van der Waals surface area (Å²) in [4.78, 5) is 0. The molecule has 2 nitrogen and oxygen atoms in total. The van der Waals surface area contributed by atoms with Crippen LogP contribution in [-0.4, -0.2) is 6.04 Å². The van der Waals surface area contributed by atoms with Gasteiger partial charge in [0.1, 0.15) is 0 Å². The van der Waals surface area contributed by atoms with Gasteiger partial charge in [0.25, 0.3) is 0 Å². The molecule has 2 heteroatoms. The predicted octanol–water partition coefficient (Wildman–Crippen LogP) is 3.77. The Morgan fingerprint density at radius 2 is 1.82 bits per heavy atom. The van der Waals surface area contributed by atoms with Crippen LogP contribution >= 0.6 is 0 Å². The van der Waals surface area contributed by atoms with Gasteiger partial charge in [0.05, 0.1) is 6.04 Å². The van der Waals surface area contributed by atoms with Crippen LogP contribution in [0.15, 0.2) is 5.11 Å². The van der Waals surface area contributed by atoms with Crippen LogP contribution < -0.4 is 0 Å². The van der Waals surface area contributed by atoms with Crippen LogP contribution in [0.25, 0.3) is 0 Å². The van der Waals surface area contributed by atoms with E-state index in [1.807, 2.05) is 0 Å². The molecule has 0 bridgehead atoms. The van der Waals surface area contributed by atoms with Crippen LogP contribution in [0, 0.1) is 5.53 Å². The maximum Gasteiger partial charge on any atom is 0.0705 e. The molecule has 0 saturated carbocycles. The normalized spacial score (nSPS) is 12.9. The predicted molar refractivity (Wildman–Crippen MR) is 48.0 cm³/mol. The van der Waals surface area contributed by atoms with Crippen LogP contribution in [0.4, 0.5) is 0 Å². The number of hydrogen-bond donors (Lipinski definition) is 1. The molecule has 0 aromatic rings. The Morgan fingerprint density at radius 3 is 2.27 bits per heavy atom. The monoisotopic (exact) mass is 156 g/mol. The van der Waals surface area contributed by atoms with Gasteiger partial charge in [0.15, 0.2) is 0 Å². The van der Waals surface area contributed by atoms with Crippen LogP contribution in [-0.2, 0) is 0 Å². The highest BCUT2D eigenvalue weighted by Gasteiger charge is 2.03. The first-order valence-corrected chi connectivity index (χ1v) is 4.71. The summed E-state index contributed by atoms with van der Waals surface area (Å²) in [7, 11) is 0. The molecule has 0 aliphatic carbocycles. The summed E-state index contributed by atoms with van der Waals surface area (Å²) in [6.07, 6.45) is 7.15. The molecule has 0 rings (SSSR count). The number of nitrogens with zero attached hydrogens (tertiary/aromatic N) is 1. The highest BCUT2D eigenvalue weighted by molar-refractivity contribution is 4.61. The fraction of sp³-hybridized carbons (Fsp3) is 1.00. The van der Waals surface area contributed by atoms with E-state index in [-0.39, 0.29) is 0 Å². The molecule has 0 aromatic heterocycles. The van der Waals surface area contributed by atoms with Gasteiger partial charge in [-0.15, -0.1) is 0 Å². The maximum atomic E-state index is 6.92. The minimum Gasteiger partial charge on any atom is -0.210 e. The Bertz CT molecular complexity index is 91.6. The van der Waals surface area contributed by atoms with E-state index in [9.17, 15) is 0 Å². The molecular formula is C9H20N2. The van der Waals surface area contributed by atoms with Crippen molar-refractivity contribution in [3.05, 3.63) is 0 Å². The Kier molecular flexibility index (Phi) is 7.42. The van der Waals surface area contributed by atoms with Crippen molar-refractivity contribution in [3.8, 4) is 0 Å². The molecule has 0 aliphatic rings. The summed E-state index contributed by atoms with van der Waals surface area (Å²) < 4.78 is 0. The minimum atomic E-state index is 0.312. The second kappa shape index (κ2) is 7.70. The van der Waals surface area contributed by atoms with Crippen molar-refractivity contribution in [1.82, 2.24) is 0 Å². The lowest BCUT2D eigenvalue weighted by Crippen LogP contribution is -2.02. The molecule has 0 aromatic carbocycles. The van der Waals surface area contributed by atoms with E-state index >= 15 is 0 Å². The first-order valence-electron chi connectivity index (χ1n) is 4.71. The molecule has 0 amide bonds. The molecule has 1 N–H and O–H groups in total. The van der Waals surface area contributed by atoms with Gasteiger partial charge in [0, 0.05) is 0 Å². The zero-order valence-corrected chi connectivity index (χ0v) is 7.77. The lowest BCUT2D eigenvalue weighted by molar-refractivity contribution is 0.501. The molecule has 0 heterocycles. The van der Waals surface area contributed by atoms with Crippen molar-refractivity contribution in [2.75, 3.05) is 0 Å². The number of nitrogens with one attached hydrogen (secondary N) is 1. The smallest absolute Gasteiger partial charge is 0.0705 e. The van der Waals surface area contributed by atoms with E-state index in [4.69, 9.17) is 5.53 Å². The van der Waals surface area contributed by atoms with E-state index < -0.39 is 0 Å². The minimum absolute atomic E-state index is 0.312. The van der Waals surface area contributed by atoms with Gasteiger partial charge in [-0.3, -0.25) is 0 Å². The summed E-state index contributed by atoms with van der Waals surface area (Å²) in [6.45, 7) is 4.35. The number of unbranched alkanes of at least 4 members (excludes halogenated alkanes) is 2. The SMILES string of the molecule is CCCCCC(CCC)N=N. The average molecular weight is 156 g/mol. The third-order valence-corrected chi connectivity index (χ3v) is 1.95. The van der Waals surface area contributed by atoms with Crippen LogP contribution in [0.2, 0.25) is 0 Å². The van der Waals surface area contributed by atoms with Crippen molar-refractivity contribution in [2.24, 2.45) is 5.11 Å². The van der Waals surface area contributed by atoms with Crippen LogP contribution in [0.3, 0.4) is 0 Å². The van der Waals surface area contributed by atoms with Crippen molar-refractivity contribution >= 4 is 0 Å². The quantitative estimate of drug-likeness (QED) is 0.430. The van der Waals surface area contributed by atoms with Crippen LogP contribution in [0.5, 0.6) is 0 Å². The Labute approximate surface area is 69.9 Å². The van der Waals surface area contributed by atoms with E-state index in [0.29, 0.717) is 6.04 Å². The maximum absolute atomic E-state index is 6.92. The molecule has 0 radical (unpaired) electrons. The van der Waals surface area contributed by atoms with E-state index in [0.717, 1.165) is 19.3 Å². The summed E-state index contributed by atoms with van der Waals surface area (Å²) in [5, 5.41) is 3.60. The Morgan fingerprint density at radius 1 is 1.09 bits per heavy atom. The van der Waals surface area contributed by atoms with Gasteiger partial charge >= 0.3 is 0 Å². The van der Waals surface area contributed by atoms with Gasteiger partial charge in [-0.1, -0.05) is 39.5 Å². The second-order valence-corrected chi connectivity index (χ2v) is 3.07. The first kappa shape index (κ1) is 10.6. The molecule has 1 atom stereocenters. The molecule has 1 unspecified atom stereocenters. The Hall–Kier alpha value is -0.400. The molecule has 0 fully saturated rings. The summed E-state index contributed by atoms with van der Waals surface area (Å²) in [5.74, 6) is 0. The van der Waals surface area contributed by atoms with Gasteiger partial charge < -0.3 is 0 Å². The standard InChI is InChI=1S/C9H20N2/c1-3-5-6-8-9(11-10)7-4-2/h9-10H,3-8H2,1-2H3. The zero-order valence-electron chi connectivity index (χ0n) is 7.77. The topological polar surface area (TPSA) is 36.2 Å². The average Bonchev–Trinajstić information content (AvgIpc) is 2.03. The van der Waals surface area contributed by atoms with Crippen molar-refractivity contribution in [2.45, 2.75) is 58.4 Å². The fourth-order valence-corrected chi connectivity index (χ4v) is 1.24. The second-order valence-electron chi connectivity index (χ2n) is 3.07. The van der Waals surface area contributed by atoms with E-state index in [1.54, 1.807) is 0 Å².